The van der Waals surface area contributed by atoms with Crippen molar-refractivity contribution in [1.29, 1.82) is 0 Å². The van der Waals surface area contributed by atoms with Crippen LogP contribution in [-0.2, 0) is 0 Å². The first kappa shape index (κ1) is 11.0. The first-order chi connectivity index (χ1) is 6.27. The van der Waals surface area contributed by atoms with Crippen molar-refractivity contribution in [1.82, 2.24) is 10.6 Å². The average molecular weight is 184 g/mol. The van der Waals surface area contributed by atoms with Gasteiger partial charge < -0.3 is 10.6 Å². The second-order valence-corrected chi connectivity index (χ2v) is 4.59. The molecular formula is C11H24N2. The maximum atomic E-state index is 3.52. The Labute approximate surface area is 82.5 Å². The predicted molar refractivity (Wildman–Crippen MR) is 58.0 cm³/mol. The molecule has 1 saturated carbocycles. The Morgan fingerprint density at radius 1 is 1.08 bits per heavy atom. The van der Waals surface area contributed by atoms with E-state index in [0.717, 1.165) is 19.6 Å². The normalized spacial score (nSPS) is 19.8. The van der Waals surface area contributed by atoms with Crippen LogP contribution in [0.25, 0.3) is 0 Å². The second kappa shape index (κ2) is 5.61. The zero-order chi connectivity index (χ0) is 9.57. The van der Waals surface area contributed by atoms with Gasteiger partial charge in [-0.25, -0.2) is 0 Å². The molecule has 1 aliphatic rings. The highest BCUT2D eigenvalue weighted by Crippen LogP contribution is 2.39. The van der Waals surface area contributed by atoms with E-state index < -0.39 is 0 Å². The van der Waals surface area contributed by atoms with E-state index in [1.807, 2.05) is 0 Å². The Hall–Kier alpha value is -0.0800. The molecule has 0 radical (unpaired) electrons. The third kappa shape index (κ3) is 4.10. The van der Waals surface area contributed by atoms with E-state index in [0.29, 0.717) is 5.41 Å². The smallest absolute Gasteiger partial charge is 0.00769 e. The van der Waals surface area contributed by atoms with Crippen LogP contribution in [0.1, 0.15) is 39.5 Å². The summed E-state index contributed by atoms with van der Waals surface area (Å²) in [6, 6.07) is 0. The van der Waals surface area contributed by atoms with Crippen LogP contribution in [0, 0.1) is 5.41 Å². The summed E-state index contributed by atoms with van der Waals surface area (Å²) in [6.45, 7) is 9.19. The molecule has 0 unspecified atom stereocenters. The van der Waals surface area contributed by atoms with Gasteiger partial charge in [-0.15, -0.1) is 0 Å². The maximum absolute atomic E-state index is 3.52. The molecule has 1 aliphatic carbocycles. The predicted octanol–water partition coefficient (Wildman–Crippen LogP) is 1.77. The van der Waals surface area contributed by atoms with Gasteiger partial charge in [0, 0.05) is 19.6 Å². The molecule has 0 atom stereocenters. The van der Waals surface area contributed by atoms with Crippen LogP contribution < -0.4 is 10.6 Å². The second-order valence-electron chi connectivity index (χ2n) is 4.59. The molecule has 0 heterocycles. The van der Waals surface area contributed by atoms with E-state index in [1.54, 1.807) is 0 Å². The van der Waals surface area contributed by atoms with Gasteiger partial charge >= 0.3 is 0 Å². The fraction of sp³-hybridized carbons (Fsp3) is 1.00. The van der Waals surface area contributed by atoms with Gasteiger partial charge in [-0.05, 0) is 31.2 Å². The highest BCUT2D eigenvalue weighted by molar-refractivity contribution is 4.85. The highest BCUT2D eigenvalue weighted by Gasteiger charge is 2.30. The van der Waals surface area contributed by atoms with Crippen molar-refractivity contribution in [3.8, 4) is 0 Å². The summed E-state index contributed by atoms with van der Waals surface area (Å²) in [4.78, 5) is 0. The summed E-state index contributed by atoms with van der Waals surface area (Å²) in [5, 5.41) is 6.92. The third-order valence-electron chi connectivity index (χ3n) is 3.02. The number of hydrogen-bond acceptors (Lipinski definition) is 2. The van der Waals surface area contributed by atoms with Crippen molar-refractivity contribution in [3.63, 3.8) is 0 Å². The van der Waals surface area contributed by atoms with Crippen molar-refractivity contribution in [2.24, 2.45) is 5.41 Å². The fourth-order valence-corrected chi connectivity index (χ4v) is 1.83. The molecule has 13 heavy (non-hydrogen) atoms. The Balaban J connectivity index is 1.83. The van der Waals surface area contributed by atoms with Gasteiger partial charge in [-0.2, -0.15) is 0 Å². The quantitative estimate of drug-likeness (QED) is 0.589. The van der Waals surface area contributed by atoms with Gasteiger partial charge in [0.05, 0.1) is 0 Å². The minimum absolute atomic E-state index is 0.630. The highest BCUT2D eigenvalue weighted by atomic mass is 14.9. The van der Waals surface area contributed by atoms with Crippen molar-refractivity contribution in [2.75, 3.05) is 26.2 Å². The molecule has 0 saturated heterocycles. The molecule has 2 heteroatoms. The SMILES string of the molecule is CCCNCCNCC1(C)CCC1. The lowest BCUT2D eigenvalue weighted by Gasteiger charge is -2.38. The van der Waals surface area contributed by atoms with Gasteiger partial charge in [0.2, 0.25) is 0 Å². The van der Waals surface area contributed by atoms with Gasteiger partial charge in [-0.3, -0.25) is 0 Å². The van der Waals surface area contributed by atoms with Crippen LogP contribution in [0.3, 0.4) is 0 Å². The van der Waals surface area contributed by atoms with Crippen LogP contribution in [0.15, 0.2) is 0 Å². The monoisotopic (exact) mass is 184 g/mol. The summed E-state index contributed by atoms with van der Waals surface area (Å²) in [6.07, 6.45) is 5.51. The molecule has 0 aliphatic heterocycles. The first-order valence-electron chi connectivity index (χ1n) is 5.68. The Kier molecular flexibility index (Phi) is 4.74. The molecule has 0 aromatic rings. The molecular weight excluding hydrogens is 160 g/mol. The molecule has 2 nitrogen and oxygen atoms in total. The van der Waals surface area contributed by atoms with Gasteiger partial charge in [-0.1, -0.05) is 20.3 Å². The van der Waals surface area contributed by atoms with Crippen LogP contribution in [0.2, 0.25) is 0 Å². The maximum Gasteiger partial charge on any atom is 0.00769 e. The molecule has 0 spiro atoms. The Morgan fingerprint density at radius 2 is 1.77 bits per heavy atom. The van der Waals surface area contributed by atoms with Crippen LogP contribution in [0.5, 0.6) is 0 Å². The zero-order valence-corrected chi connectivity index (χ0v) is 9.16. The molecule has 1 fully saturated rings. The van der Waals surface area contributed by atoms with Crippen LogP contribution >= 0.6 is 0 Å². The molecule has 2 N–H and O–H groups in total. The summed E-state index contributed by atoms with van der Waals surface area (Å²) in [5.74, 6) is 0. The Morgan fingerprint density at radius 3 is 2.31 bits per heavy atom. The Bertz CT molecular complexity index is 130. The van der Waals surface area contributed by atoms with Crippen molar-refractivity contribution >= 4 is 0 Å². The average Bonchev–Trinajstić information content (AvgIpc) is 2.08. The lowest BCUT2D eigenvalue weighted by Crippen LogP contribution is -2.39. The lowest BCUT2D eigenvalue weighted by molar-refractivity contribution is 0.157. The van der Waals surface area contributed by atoms with Gasteiger partial charge in [0.1, 0.15) is 0 Å². The number of nitrogens with one attached hydrogen (secondary N) is 2. The summed E-state index contributed by atoms with van der Waals surface area (Å²) in [5.41, 5.74) is 0.630. The van der Waals surface area contributed by atoms with E-state index >= 15 is 0 Å². The minimum Gasteiger partial charge on any atom is -0.315 e. The summed E-state index contributed by atoms with van der Waals surface area (Å²) >= 11 is 0. The van der Waals surface area contributed by atoms with E-state index in [4.69, 9.17) is 0 Å². The summed E-state index contributed by atoms with van der Waals surface area (Å²) < 4.78 is 0. The number of rotatable bonds is 7. The third-order valence-corrected chi connectivity index (χ3v) is 3.02. The molecule has 78 valence electrons. The van der Waals surface area contributed by atoms with E-state index in [9.17, 15) is 0 Å². The standard InChI is InChI=1S/C11H24N2/c1-3-7-12-8-9-13-10-11(2)5-4-6-11/h12-13H,3-10H2,1-2H3. The zero-order valence-electron chi connectivity index (χ0n) is 9.16. The molecule has 0 aromatic heterocycles. The van der Waals surface area contributed by atoms with E-state index in [1.165, 1.54) is 32.2 Å². The number of hydrogen-bond donors (Lipinski definition) is 2. The van der Waals surface area contributed by atoms with Crippen molar-refractivity contribution in [2.45, 2.75) is 39.5 Å². The van der Waals surface area contributed by atoms with Crippen molar-refractivity contribution < 1.29 is 0 Å². The van der Waals surface area contributed by atoms with Crippen molar-refractivity contribution in [3.05, 3.63) is 0 Å². The fourth-order valence-electron chi connectivity index (χ4n) is 1.83. The van der Waals surface area contributed by atoms with E-state index in [-0.39, 0.29) is 0 Å². The molecule has 1 rings (SSSR count). The van der Waals surface area contributed by atoms with Gasteiger partial charge in [0.15, 0.2) is 0 Å². The topological polar surface area (TPSA) is 24.1 Å². The molecule has 0 amide bonds. The largest absolute Gasteiger partial charge is 0.315 e. The van der Waals surface area contributed by atoms with E-state index in [2.05, 4.69) is 24.5 Å². The van der Waals surface area contributed by atoms with Crippen LogP contribution in [-0.4, -0.2) is 26.2 Å². The van der Waals surface area contributed by atoms with Gasteiger partial charge in [0.25, 0.3) is 0 Å². The summed E-state index contributed by atoms with van der Waals surface area (Å²) in [7, 11) is 0. The first-order valence-corrected chi connectivity index (χ1v) is 5.68. The molecule has 0 aromatic carbocycles. The molecule has 0 bridgehead atoms. The lowest BCUT2D eigenvalue weighted by atomic mass is 9.70. The van der Waals surface area contributed by atoms with Crippen LogP contribution in [0.4, 0.5) is 0 Å². The minimum atomic E-state index is 0.630.